The van der Waals surface area contributed by atoms with E-state index in [4.69, 9.17) is 11.6 Å². The second-order valence-electron chi connectivity index (χ2n) is 3.10. The number of aromatic nitrogens is 2. The molecule has 0 aliphatic rings. The largest absolute Gasteiger partial charge is 0.508 e. The molecule has 0 atom stereocenters. The second-order valence-corrected chi connectivity index (χ2v) is 3.50. The molecule has 0 aliphatic carbocycles. The highest BCUT2D eigenvalue weighted by molar-refractivity contribution is 6.34. The average molecular weight is 238 g/mol. The highest BCUT2D eigenvalue weighted by Crippen LogP contribution is 2.18. The minimum absolute atomic E-state index is 0.0773. The Morgan fingerprint density at radius 3 is 2.94 bits per heavy atom. The van der Waals surface area contributed by atoms with Crippen molar-refractivity contribution in [2.45, 2.75) is 0 Å². The molecule has 1 aromatic heterocycles. The topological polar surface area (TPSA) is 78.0 Å². The maximum atomic E-state index is 11.7. The van der Waals surface area contributed by atoms with Gasteiger partial charge in [0.1, 0.15) is 11.4 Å². The van der Waals surface area contributed by atoms with Gasteiger partial charge in [0.05, 0.1) is 11.2 Å². The predicted molar refractivity (Wildman–Crippen MR) is 59.7 cm³/mol. The smallest absolute Gasteiger partial charge is 0.275 e. The first-order chi connectivity index (χ1) is 7.66. The number of H-pyrrole nitrogens is 1. The number of aromatic hydroxyl groups is 1. The van der Waals surface area contributed by atoms with Gasteiger partial charge in [-0.25, -0.2) is 0 Å². The zero-order valence-electron chi connectivity index (χ0n) is 8.07. The number of nitrogens with one attached hydrogen (secondary N) is 2. The molecule has 0 saturated heterocycles. The summed E-state index contributed by atoms with van der Waals surface area (Å²) in [6.07, 6.45) is 1.35. The lowest BCUT2D eigenvalue weighted by Crippen LogP contribution is -2.12. The number of hydrogen-bond acceptors (Lipinski definition) is 3. The number of carbonyl (C=O) groups is 1. The van der Waals surface area contributed by atoms with E-state index in [-0.39, 0.29) is 16.5 Å². The Labute approximate surface area is 96.1 Å². The minimum Gasteiger partial charge on any atom is -0.508 e. The van der Waals surface area contributed by atoms with Crippen molar-refractivity contribution in [2.24, 2.45) is 0 Å². The number of halogens is 1. The van der Waals surface area contributed by atoms with Crippen molar-refractivity contribution in [1.29, 1.82) is 0 Å². The van der Waals surface area contributed by atoms with Gasteiger partial charge in [-0.3, -0.25) is 9.89 Å². The van der Waals surface area contributed by atoms with Crippen LogP contribution in [0.1, 0.15) is 10.5 Å². The number of benzene rings is 1. The van der Waals surface area contributed by atoms with Crippen molar-refractivity contribution in [1.82, 2.24) is 10.2 Å². The summed E-state index contributed by atoms with van der Waals surface area (Å²) in [5.74, 6) is -0.332. The van der Waals surface area contributed by atoms with Gasteiger partial charge in [0.15, 0.2) is 0 Å². The maximum Gasteiger partial charge on any atom is 0.275 e. The summed E-state index contributed by atoms with van der Waals surface area (Å²) < 4.78 is 0. The quantitative estimate of drug-likeness (QED) is 0.748. The molecule has 0 saturated carbocycles. The summed E-state index contributed by atoms with van der Waals surface area (Å²) in [5, 5.41) is 18.2. The predicted octanol–water partition coefficient (Wildman–Crippen LogP) is 2.02. The molecule has 3 N–H and O–H groups in total. The number of phenols is 1. The van der Waals surface area contributed by atoms with E-state index in [2.05, 4.69) is 15.5 Å². The molecule has 16 heavy (non-hydrogen) atoms. The number of phenolic OH excluding ortho intramolecular Hbond substituents is 1. The Balaban J connectivity index is 2.17. The minimum atomic E-state index is -0.409. The highest BCUT2D eigenvalue weighted by atomic mass is 35.5. The van der Waals surface area contributed by atoms with Crippen molar-refractivity contribution in [2.75, 3.05) is 5.32 Å². The molecule has 1 heterocycles. The number of hydrogen-bond donors (Lipinski definition) is 3. The van der Waals surface area contributed by atoms with Crippen molar-refractivity contribution in [3.05, 3.63) is 41.2 Å². The molecule has 0 aliphatic heterocycles. The fourth-order valence-electron chi connectivity index (χ4n) is 1.21. The van der Waals surface area contributed by atoms with Crippen LogP contribution in [0.2, 0.25) is 5.02 Å². The summed E-state index contributed by atoms with van der Waals surface area (Å²) in [4.78, 5) is 11.7. The van der Waals surface area contributed by atoms with Crippen LogP contribution >= 0.6 is 11.6 Å². The Bertz CT molecular complexity index is 524. The van der Waals surface area contributed by atoms with Gasteiger partial charge in [-0.15, -0.1) is 0 Å². The molecule has 0 fully saturated rings. The van der Waals surface area contributed by atoms with Crippen molar-refractivity contribution < 1.29 is 9.90 Å². The molecule has 0 bridgehead atoms. The summed E-state index contributed by atoms with van der Waals surface area (Å²) in [7, 11) is 0. The van der Waals surface area contributed by atoms with Crippen LogP contribution in [0.4, 0.5) is 5.69 Å². The average Bonchev–Trinajstić information content (AvgIpc) is 2.64. The van der Waals surface area contributed by atoms with E-state index in [9.17, 15) is 9.90 Å². The molecule has 0 spiro atoms. The summed E-state index contributed by atoms with van der Waals surface area (Å²) in [6.45, 7) is 0. The molecule has 82 valence electrons. The lowest BCUT2D eigenvalue weighted by atomic mass is 10.3. The first-order valence-electron chi connectivity index (χ1n) is 4.46. The van der Waals surface area contributed by atoms with Gasteiger partial charge < -0.3 is 10.4 Å². The zero-order chi connectivity index (χ0) is 11.5. The molecule has 5 nitrogen and oxygen atoms in total. The fourth-order valence-corrected chi connectivity index (χ4v) is 1.38. The number of anilines is 1. The van der Waals surface area contributed by atoms with Gasteiger partial charge in [-0.1, -0.05) is 17.7 Å². The van der Waals surface area contributed by atoms with Crippen LogP contribution in [-0.4, -0.2) is 21.2 Å². The van der Waals surface area contributed by atoms with Crippen LogP contribution in [0, 0.1) is 0 Å². The van der Waals surface area contributed by atoms with E-state index in [0.29, 0.717) is 5.69 Å². The van der Waals surface area contributed by atoms with Gasteiger partial charge in [0.2, 0.25) is 0 Å². The molecular formula is C10H8ClN3O2. The van der Waals surface area contributed by atoms with Crippen molar-refractivity contribution in [3.8, 4) is 5.75 Å². The summed E-state index contributed by atoms with van der Waals surface area (Å²) in [5.41, 5.74) is 0.667. The summed E-state index contributed by atoms with van der Waals surface area (Å²) in [6, 6.07) is 6.22. The van der Waals surface area contributed by atoms with E-state index < -0.39 is 5.91 Å². The molecule has 1 amide bonds. The zero-order valence-corrected chi connectivity index (χ0v) is 8.82. The van der Waals surface area contributed by atoms with Gasteiger partial charge >= 0.3 is 0 Å². The van der Waals surface area contributed by atoms with Crippen molar-refractivity contribution >= 4 is 23.2 Å². The number of rotatable bonds is 2. The fraction of sp³-hybridized carbons (Fsp3) is 0. The van der Waals surface area contributed by atoms with Gasteiger partial charge in [0, 0.05) is 11.8 Å². The second kappa shape index (κ2) is 4.24. The van der Waals surface area contributed by atoms with E-state index in [1.807, 2.05) is 0 Å². The van der Waals surface area contributed by atoms with E-state index in [1.54, 1.807) is 12.1 Å². The van der Waals surface area contributed by atoms with E-state index in [1.165, 1.54) is 18.3 Å². The van der Waals surface area contributed by atoms with Crippen LogP contribution in [0.3, 0.4) is 0 Å². The Morgan fingerprint density at radius 1 is 1.50 bits per heavy atom. The van der Waals surface area contributed by atoms with E-state index in [0.717, 1.165) is 0 Å². The first kappa shape index (κ1) is 10.5. The van der Waals surface area contributed by atoms with E-state index >= 15 is 0 Å². The Hall–Kier alpha value is -2.01. The van der Waals surface area contributed by atoms with Crippen LogP contribution in [-0.2, 0) is 0 Å². The molecule has 0 radical (unpaired) electrons. The lowest BCUT2D eigenvalue weighted by Gasteiger charge is -2.03. The Morgan fingerprint density at radius 2 is 2.31 bits per heavy atom. The molecule has 1 aromatic carbocycles. The third-order valence-corrected chi connectivity index (χ3v) is 2.21. The van der Waals surface area contributed by atoms with Crippen LogP contribution in [0.5, 0.6) is 5.75 Å². The third-order valence-electron chi connectivity index (χ3n) is 1.92. The highest BCUT2D eigenvalue weighted by Gasteiger charge is 2.12. The van der Waals surface area contributed by atoms with Crippen LogP contribution < -0.4 is 5.32 Å². The molecule has 2 rings (SSSR count). The molecular weight excluding hydrogens is 230 g/mol. The van der Waals surface area contributed by atoms with Crippen molar-refractivity contribution in [3.63, 3.8) is 0 Å². The number of aromatic amines is 1. The number of carbonyl (C=O) groups excluding carboxylic acids is 1. The van der Waals surface area contributed by atoms with Gasteiger partial charge in [-0.2, -0.15) is 5.10 Å². The first-order valence-corrected chi connectivity index (χ1v) is 4.84. The number of amides is 1. The maximum absolute atomic E-state index is 11.7. The lowest BCUT2D eigenvalue weighted by molar-refractivity contribution is 0.102. The summed E-state index contributed by atoms with van der Waals surface area (Å²) >= 11 is 5.73. The Kier molecular flexibility index (Phi) is 2.78. The van der Waals surface area contributed by atoms with Crippen LogP contribution in [0.25, 0.3) is 0 Å². The van der Waals surface area contributed by atoms with Gasteiger partial charge in [0.25, 0.3) is 5.91 Å². The van der Waals surface area contributed by atoms with Gasteiger partial charge in [-0.05, 0) is 12.1 Å². The molecule has 2 aromatic rings. The number of nitrogens with zero attached hydrogens (tertiary/aromatic N) is 1. The van der Waals surface area contributed by atoms with Crippen LogP contribution in [0.15, 0.2) is 30.5 Å². The SMILES string of the molecule is O=C(Nc1cccc(O)c1)c1[nH]ncc1Cl. The standard InChI is InChI=1S/C10H8ClN3O2/c11-8-5-12-14-9(8)10(16)13-6-2-1-3-7(15)4-6/h1-5,15H,(H,12,14)(H,13,16). The molecule has 6 heteroatoms. The monoisotopic (exact) mass is 237 g/mol. The molecule has 0 unspecified atom stereocenters. The normalized spacial score (nSPS) is 10.1. The third kappa shape index (κ3) is 2.14.